The van der Waals surface area contributed by atoms with Crippen molar-refractivity contribution in [3.05, 3.63) is 67.8 Å². The molecule has 2 aromatic heterocycles. The SMILES string of the molecule is Cc1cccc(OCc2nc(CN(C)C(=O)c3cccs3)cs2)c1C. The quantitative estimate of drug-likeness (QED) is 0.631. The molecule has 4 nitrogen and oxygen atoms in total. The highest BCUT2D eigenvalue weighted by Gasteiger charge is 2.14. The van der Waals surface area contributed by atoms with Gasteiger partial charge in [0.1, 0.15) is 17.4 Å². The molecule has 0 radical (unpaired) electrons. The molecule has 0 aliphatic heterocycles. The van der Waals surface area contributed by atoms with Crippen molar-refractivity contribution in [3.63, 3.8) is 0 Å². The number of aryl methyl sites for hydroxylation is 1. The van der Waals surface area contributed by atoms with Gasteiger partial charge in [-0.1, -0.05) is 18.2 Å². The highest BCUT2D eigenvalue weighted by atomic mass is 32.1. The summed E-state index contributed by atoms with van der Waals surface area (Å²) in [4.78, 5) is 19.3. The fourth-order valence-electron chi connectivity index (χ4n) is 2.41. The molecule has 3 aromatic rings. The Bertz CT molecular complexity index is 856. The van der Waals surface area contributed by atoms with Gasteiger partial charge in [0.15, 0.2) is 0 Å². The van der Waals surface area contributed by atoms with E-state index in [9.17, 15) is 4.79 Å². The van der Waals surface area contributed by atoms with Crippen LogP contribution in [0.4, 0.5) is 0 Å². The molecule has 3 rings (SSSR count). The molecule has 0 saturated heterocycles. The normalized spacial score (nSPS) is 10.7. The lowest BCUT2D eigenvalue weighted by molar-refractivity contribution is 0.0788. The summed E-state index contributed by atoms with van der Waals surface area (Å²) in [6.45, 7) is 5.07. The second kappa shape index (κ2) is 7.80. The van der Waals surface area contributed by atoms with Gasteiger partial charge in [-0.3, -0.25) is 4.79 Å². The van der Waals surface area contributed by atoms with Crippen LogP contribution in [-0.4, -0.2) is 22.8 Å². The Labute approximate surface area is 155 Å². The van der Waals surface area contributed by atoms with E-state index in [2.05, 4.69) is 24.9 Å². The van der Waals surface area contributed by atoms with E-state index in [4.69, 9.17) is 4.74 Å². The lowest BCUT2D eigenvalue weighted by Gasteiger charge is -2.14. The van der Waals surface area contributed by atoms with Crippen molar-refractivity contribution in [3.8, 4) is 5.75 Å². The zero-order valence-corrected chi connectivity index (χ0v) is 16.1. The number of thiophene rings is 1. The predicted molar refractivity (Wildman–Crippen MR) is 102 cm³/mol. The van der Waals surface area contributed by atoms with E-state index in [0.29, 0.717) is 13.2 Å². The third kappa shape index (κ3) is 4.27. The van der Waals surface area contributed by atoms with Crippen LogP contribution in [0.5, 0.6) is 5.75 Å². The average Bonchev–Trinajstić information content (AvgIpc) is 3.27. The lowest BCUT2D eigenvalue weighted by Crippen LogP contribution is -2.25. The second-order valence-corrected chi connectivity index (χ2v) is 7.75. The molecule has 0 fully saturated rings. The lowest BCUT2D eigenvalue weighted by atomic mass is 10.1. The van der Waals surface area contributed by atoms with Crippen molar-refractivity contribution in [1.29, 1.82) is 0 Å². The molecular weight excluding hydrogens is 352 g/mol. The molecule has 1 aromatic carbocycles. The fourth-order valence-corrected chi connectivity index (χ4v) is 3.82. The molecule has 1 amide bonds. The zero-order valence-electron chi connectivity index (χ0n) is 14.5. The van der Waals surface area contributed by atoms with Crippen LogP contribution >= 0.6 is 22.7 Å². The van der Waals surface area contributed by atoms with Gasteiger partial charge < -0.3 is 9.64 Å². The molecule has 2 heterocycles. The van der Waals surface area contributed by atoms with Gasteiger partial charge in [0.05, 0.1) is 17.1 Å². The number of aromatic nitrogens is 1. The van der Waals surface area contributed by atoms with E-state index < -0.39 is 0 Å². The van der Waals surface area contributed by atoms with Crippen molar-refractivity contribution in [2.75, 3.05) is 7.05 Å². The van der Waals surface area contributed by atoms with Crippen molar-refractivity contribution >= 4 is 28.6 Å². The standard InChI is InChI=1S/C19H20N2O2S2/c1-13-6-4-7-16(14(13)2)23-11-18-20-15(12-25-18)10-21(3)19(22)17-8-5-9-24-17/h4-9,12H,10-11H2,1-3H3. The number of hydrogen-bond donors (Lipinski definition) is 0. The number of thiazole rings is 1. The summed E-state index contributed by atoms with van der Waals surface area (Å²) in [6, 6.07) is 9.77. The predicted octanol–water partition coefficient (Wildman–Crippen LogP) is 4.67. The van der Waals surface area contributed by atoms with Crippen molar-refractivity contribution in [1.82, 2.24) is 9.88 Å². The summed E-state index contributed by atoms with van der Waals surface area (Å²) in [7, 11) is 1.80. The maximum atomic E-state index is 12.3. The Balaban J connectivity index is 1.59. The molecule has 0 spiro atoms. The number of nitrogens with zero attached hydrogens (tertiary/aromatic N) is 2. The van der Waals surface area contributed by atoms with Gasteiger partial charge in [0, 0.05) is 12.4 Å². The summed E-state index contributed by atoms with van der Waals surface area (Å²) in [5, 5.41) is 4.81. The monoisotopic (exact) mass is 372 g/mol. The minimum absolute atomic E-state index is 0.0242. The van der Waals surface area contributed by atoms with Crippen LogP contribution in [0, 0.1) is 13.8 Å². The van der Waals surface area contributed by atoms with Gasteiger partial charge in [0.25, 0.3) is 5.91 Å². The van der Waals surface area contributed by atoms with E-state index >= 15 is 0 Å². The van der Waals surface area contributed by atoms with Crippen LogP contribution in [0.2, 0.25) is 0 Å². The summed E-state index contributed by atoms with van der Waals surface area (Å²) >= 11 is 3.01. The minimum atomic E-state index is 0.0242. The molecule has 0 unspecified atom stereocenters. The molecule has 0 aliphatic rings. The number of ether oxygens (including phenoxy) is 1. The van der Waals surface area contributed by atoms with Crippen LogP contribution in [-0.2, 0) is 13.2 Å². The number of benzene rings is 1. The molecule has 0 atom stereocenters. The maximum Gasteiger partial charge on any atom is 0.264 e. The third-order valence-electron chi connectivity index (χ3n) is 3.98. The van der Waals surface area contributed by atoms with Crippen LogP contribution in [0.15, 0.2) is 41.1 Å². The third-order valence-corrected chi connectivity index (χ3v) is 5.71. The van der Waals surface area contributed by atoms with E-state index in [-0.39, 0.29) is 5.91 Å². The van der Waals surface area contributed by atoms with Crippen molar-refractivity contribution in [2.24, 2.45) is 0 Å². The maximum absolute atomic E-state index is 12.3. The van der Waals surface area contributed by atoms with E-state index in [1.807, 2.05) is 35.0 Å². The Kier molecular flexibility index (Phi) is 5.50. The van der Waals surface area contributed by atoms with Gasteiger partial charge in [-0.2, -0.15) is 0 Å². The summed E-state index contributed by atoms with van der Waals surface area (Å²) in [5.74, 6) is 0.915. The Hall–Kier alpha value is -2.18. The van der Waals surface area contributed by atoms with Gasteiger partial charge in [0.2, 0.25) is 0 Å². The first kappa shape index (κ1) is 17.6. The summed E-state index contributed by atoms with van der Waals surface area (Å²) < 4.78 is 5.90. The molecule has 0 saturated carbocycles. The van der Waals surface area contributed by atoms with Gasteiger partial charge in [-0.15, -0.1) is 22.7 Å². The number of amides is 1. The number of rotatable bonds is 6. The van der Waals surface area contributed by atoms with Gasteiger partial charge >= 0.3 is 0 Å². The highest BCUT2D eigenvalue weighted by Crippen LogP contribution is 2.22. The fraction of sp³-hybridized carbons (Fsp3) is 0.263. The van der Waals surface area contributed by atoms with Gasteiger partial charge in [-0.25, -0.2) is 4.98 Å². The van der Waals surface area contributed by atoms with E-state index in [1.165, 1.54) is 16.9 Å². The highest BCUT2D eigenvalue weighted by molar-refractivity contribution is 7.12. The molecule has 6 heteroatoms. The van der Waals surface area contributed by atoms with Crippen LogP contribution < -0.4 is 4.74 Å². The molecule has 25 heavy (non-hydrogen) atoms. The number of carbonyl (C=O) groups excluding carboxylic acids is 1. The first-order chi connectivity index (χ1) is 12.0. The van der Waals surface area contributed by atoms with E-state index in [1.54, 1.807) is 23.3 Å². The van der Waals surface area contributed by atoms with Crippen LogP contribution in [0.3, 0.4) is 0 Å². The molecule has 0 bridgehead atoms. The smallest absolute Gasteiger partial charge is 0.264 e. The second-order valence-electron chi connectivity index (χ2n) is 5.86. The molecule has 130 valence electrons. The van der Waals surface area contributed by atoms with Crippen LogP contribution in [0.25, 0.3) is 0 Å². The Morgan fingerprint density at radius 3 is 2.80 bits per heavy atom. The first-order valence-electron chi connectivity index (χ1n) is 7.96. The Morgan fingerprint density at radius 1 is 1.20 bits per heavy atom. The number of hydrogen-bond acceptors (Lipinski definition) is 5. The summed E-state index contributed by atoms with van der Waals surface area (Å²) in [5.41, 5.74) is 3.25. The Morgan fingerprint density at radius 2 is 2.04 bits per heavy atom. The van der Waals surface area contributed by atoms with E-state index in [0.717, 1.165) is 26.9 Å². The molecule has 0 aliphatic carbocycles. The zero-order chi connectivity index (χ0) is 17.8. The number of carbonyl (C=O) groups is 1. The molecule has 0 N–H and O–H groups in total. The molecular formula is C19H20N2O2S2. The first-order valence-corrected chi connectivity index (χ1v) is 9.72. The van der Waals surface area contributed by atoms with Crippen molar-refractivity contribution < 1.29 is 9.53 Å². The average molecular weight is 373 g/mol. The van der Waals surface area contributed by atoms with Gasteiger partial charge in [-0.05, 0) is 42.5 Å². The minimum Gasteiger partial charge on any atom is -0.486 e. The topological polar surface area (TPSA) is 42.4 Å². The largest absolute Gasteiger partial charge is 0.486 e. The van der Waals surface area contributed by atoms with Crippen molar-refractivity contribution in [2.45, 2.75) is 27.0 Å². The summed E-state index contributed by atoms with van der Waals surface area (Å²) in [6.07, 6.45) is 0. The van der Waals surface area contributed by atoms with Crippen LogP contribution in [0.1, 0.15) is 31.5 Å².